The Morgan fingerprint density at radius 1 is 1.18 bits per heavy atom. The van der Waals surface area contributed by atoms with Crippen molar-refractivity contribution in [2.24, 2.45) is 0 Å². The van der Waals surface area contributed by atoms with Crippen LogP contribution < -0.4 is 15.0 Å². The Morgan fingerprint density at radius 3 is 2.45 bits per heavy atom. The second-order valence-electron chi connectivity index (χ2n) is 5.60. The molecule has 1 saturated heterocycles. The second-order valence-corrected chi connectivity index (χ2v) is 5.60. The maximum atomic E-state index is 12.1. The van der Waals surface area contributed by atoms with Crippen molar-refractivity contribution in [3.05, 3.63) is 24.3 Å². The predicted octanol–water partition coefficient (Wildman–Crippen LogP) is 1.73. The third-order valence-corrected chi connectivity index (χ3v) is 4.05. The van der Waals surface area contributed by atoms with Crippen molar-refractivity contribution >= 4 is 11.6 Å². The molecule has 0 atom stereocenters. The summed E-state index contributed by atoms with van der Waals surface area (Å²) in [6.45, 7) is 6.89. The summed E-state index contributed by atoms with van der Waals surface area (Å²) in [5.74, 6) is 1.08. The summed E-state index contributed by atoms with van der Waals surface area (Å²) in [5.41, 5.74) is 1.19. The van der Waals surface area contributed by atoms with Crippen LogP contribution in [0.25, 0.3) is 0 Å². The summed E-state index contributed by atoms with van der Waals surface area (Å²) in [7, 11) is 1.67. The average Bonchev–Trinajstić information content (AvgIpc) is 2.59. The van der Waals surface area contributed by atoms with Crippen molar-refractivity contribution in [1.82, 2.24) is 10.2 Å². The Morgan fingerprint density at radius 2 is 1.86 bits per heavy atom. The minimum absolute atomic E-state index is 0.213. The van der Waals surface area contributed by atoms with Crippen molar-refractivity contribution in [3.8, 4) is 5.75 Å². The van der Waals surface area contributed by atoms with Gasteiger partial charge >= 0.3 is 0 Å². The number of hydrogen-bond acceptors (Lipinski definition) is 4. The molecular weight excluding hydrogens is 278 g/mol. The zero-order valence-corrected chi connectivity index (χ0v) is 13.7. The second kappa shape index (κ2) is 8.63. The average molecular weight is 305 g/mol. The first kappa shape index (κ1) is 16.6. The molecule has 1 aliphatic heterocycles. The van der Waals surface area contributed by atoms with Crippen LogP contribution in [0.2, 0.25) is 0 Å². The number of unbranched alkanes of at least 4 members (excludes halogenated alkanes) is 1. The van der Waals surface area contributed by atoms with Crippen molar-refractivity contribution in [2.45, 2.75) is 19.8 Å². The summed E-state index contributed by atoms with van der Waals surface area (Å²) in [4.78, 5) is 16.4. The maximum absolute atomic E-state index is 12.1. The Labute approximate surface area is 133 Å². The van der Waals surface area contributed by atoms with Gasteiger partial charge in [-0.15, -0.1) is 0 Å². The molecule has 1 aromatic carbocycles. The fourth-order valence-electron chi connectivity index (χ4n) is 2.62. The molecule has 1 heterocycles. The lowest BCUT2D eigenvalue weighted by Gasteiger charge is -2.36. The van der Waals surface area contributed by atoms with E-state index in [0.717, 1.165) is 51.3 Å². The molecule has 2 rings (SSSR count). The number of carbonyl (C=O) groups excluding carboxylic acids is 1. The van der Waals surface area contributed by atoms with Crippen molar-refractivity contribution in [3.63, 3.8) is 0 Å². The molecule has 0 aliphatic carbocycles. The number of methoxy groups -OCH3 is 1. The van der Waals surface area contributed by atoms with E-state index < -0.39 is 0 Å². The van der Waals surface area contributed by atoms with Gasteiger partial charge in [0.2, 0.25) is 5.91 Å². The molecule has 0 spiro atoms. The monoisotopic (exact) mass is 305 g/mol. The van der Waals surface area contributed by atoms with E-state index in [9.17, 15) is 4.79 Å². The molecule has 0 aromatic heterocycles. The molecule has 0 unspecified atom stereocenters. The standard InChI is InChI=1S/C17H27N3O2/c1-3-4-9-18-14-17(21)20-12-10-19(11-13-20)15-5-7-16(22-2)8-6-15/h5-8,18H,3-4,9-14H2,1-2H3. The first-order valence-corrected chi connectivity index (χ1v) is 8.12. The summed E-state index contributed by atoms with van der Waals surface area (Å²) >= 11 is 0. The summed E-state index contributed by atoms with van der Waals surface area (Å²) in [6.07, 6.45) is 2.28. The third-order valence-electron chi connectivity index (χ3n) is 4.05. The summed E-state index contributed by atoms with van der Waals surface area (Å²) in [5, 5.41) is 3.22. The Balaban J connectivity index is 1.75. The lowest BCUT2D eigenvalue weighted by atomic mass is 10.2. The number of ether oxygens (including phenoxy) is 1. The van der Waals surface area contributed by atoms with Gasteiger partial charge in [-0.25, -0.2) is 0 Å². The van der Waals surface area contributed by atoms with E-state index in [1.165, 1.54) is 5.69 Å². The number of piperazine rings is 1. The fraction of sp³-hybridized carbons (Fsp3) is 0.588. The van der Waals surface area contributed by atoms with Gasteiger partial charge in [0.05, 0.1) is 13.7 Å². The number of benzene rings is 1. The molecular formula is C17H27N3O2. The normalized spacial score (nSPS) is 15.0. The highest BCUT2D eigenvalue weighted by Gasteiger charge is 2.20. The van der Waals surface area contributed by atoms with Gasteiger partial charge in [-0.3, -0.25) is 4.79 Å². The molecule has 1 aromatic rings. The van der Waals surface area contributed by atoms with Crippen molar-refractivity contribution in [2.75, 3.05) is 51.3 Å². The highest BCUT2D eigenvalue weighted by Crippen LogP contribution is 2.20. The molecule has 0 saturated carbocycles. The highest BCUT2D eigenvalue weighted by atomic mass is 16.5. The first-order chi connectivity index (χ1) is 10.7. The van der Waals surface area contributed by atoms with Gasteiger partial charge in [-0.05, 0) is 37.2 Å². The van der Waals surface area contributed by atoms with Crippen LogP contribution >= 0.6 is 0 Å². The highest BCUT2D eigenvalue weighted by molar-refractivity contribution is 5.78. The molecule has 122 valence electrons. The Hall–Kier alpha value is -1.75. The van der Waals surface area contributed by atoms with Crippen LogP contribution in [0.1, 0.15) is 19.8 Å². The largest absolute Gasteiger partial charge is 0.497 e. The van der Waals surface area contributed by atoms with E-state index in [1.54, 1.807) is 7.11 Å². The van der Waals surface area contributed by atoms with Crippen LogP contribution in [0, 0.1) is 0 Å². The molecule has 0 bridgehead atoms. The van der Waals surface area contributed by atoms with Crippen LogP contribution in [0.4, 0.5) is 5.69 Å². The fourth-order valence-corrected chi connectivity index (χ4v) is 2.62. The predicted molar refractivity (Wildman–Crippen MR) is 89.6 cm³/mol. The first-order valence-electron chi connectivity index (χ1n) is 8.12. The Kier molecular flexibility index (Phi) is 6.52. The zero-order chi connectivity index (χ0) is 15.8. The number of hydrogen-bond donors (Lipinski definition) is 1. The molecule has 1 N–H and O–H groups in total. The van der Waals surface area contributed by atoms with E-state index in [1.807, 2.05) is 17.0 Å². The van der Waals surface area contributed by atoms with Gasteiger partial charge in [-0.1, -0.05) is 13.3 Å². The lowest BCUT2D eigenvalue weighted by molar-refractivity contribution is -0.130. The molecule has 5 heteroatoms. The van der Waals surface area contributed by atoms with Crippen LogP contribution in [-0.4, -0.2) is 57.2 Å². The van der Waals surface area contributed by atoms with Crippen LogP contribution in [0.3, 0.4) is 0 Å². The van der Waals surface area contributed by atoms with Crippen LogP contribution in [-0.2, 0) is 4.79 Å². The number of nitrogens with zero attached hydrogens (tertiary/aromatic N) is 2. The number of nitrogens with one attached hydrogen (secondary N) is 1. The van der Waals surface area contributed by atoms with E-state index in [4.69, 9.17) is 4.74 Å². The van der Waals surface area contributed by atoms with Gasteiger partial charge in [-0.2, -0.15) is 0 Å². The minimum Gasteiger partial charge on any atom is -0.497 e. The zero-order valence-electron chi connectivity index (χ0n) is 13.7. The lowest BCUT2D eigenvalue weighted by Crippen LogP contribution is -2.50. The minimum atomic E-state index is 0.213. The van der Waals surface area contributed by atoms with E-state index in [2.05, 4.69) is 29.3 Å². The Bertz CT molecular complexity index is 453. The SMILES string of the molecule is CCCCNCC(=O)N1CCN(c2ccc(OC)cc2)CC1. The summed E-state index contributed by atoms with van der Waals surface area (Å²) < 4.78 is 5.18. The number of rotatable bonds is 7. The quantitative estimate of drug-likeness (QED) is 0.779. The molecule has 5 nitrogen and oxygen atoms in total. The van der Waals surface area contributed by atoms with E-state index >= 15 is 0 Å². The molecule has 1 aliphatic rings. The number of amides is 1. The van der Waals surface area contributed by atoms with Gasteiger partial charge in [0.15, 0.2) is 0 Å². The summed E-state index contributed by atoms with van der Waals surface area (Å²) in [6, 6.07) is 8.10. The number of anilines is 1. The number of carbonyl (C=O) groups is 1. The third kappa shape index (κ3) is 4.63. The molecule has 1 amide bonds. The van der Waals surface area contributed by atoms with Gasteiger partial charge in [0, 0.05) is 31.9 Å². The maximum Gasteiger partial charge on any atom is 0.236 e. The van der Waals surface area contributed by atoms with Crippen LogP contribution in [0.15, 0.2) is 24.3 Å². The molecule has 1 fully saturated rings. The van der Waals surface area contributed by atoms with E-state index in [-0.39, 0.29) is 5.91 Å². The smallest absolute Gasteiger partial charge is 0.236 e. The molecule has 22 heavy (non-hydrogen) atoms. The van der Waals surface area contributed by atoms with Gasteiger partial charge < -0.3 is 19.9 Å². The topological polar surface area (TPSA) is 44.8 Å². The van der Waals surface area contributed by atoms with Gasteiger partial charge in [0.25, 0.3) is 0 Å². The van der Waals surface area contributed by atoms with E-state index in [0.29, 0.717) is 6.54 Å². The van der Waals surface area contributed by atoms with Crippen molar-refractivity contribution in [1.29, 1.82) is 0 Å². The van der Waals surface area contributed by atoms with Crippen LogP contribution in [0.5, 0.6) is 5.75 Å². The molecule has 0 radical (unpaired) electrons. The van der Waals surface area contributed by atoms with Gasteiger partial charge in [0.1, 0.15) is 5.75 Å². The van der Waals surface area contributed by atoms with Crippen molar-refractivity contribution < 1.29 is 9.53 Å².